The summed E-state index contributed by atoms with van der Waals surface area (Å²) >= 11 is 1.28. The number of nitrogens with zero attached hydrogens (tertiary/aromatic N) is 3. The average molecular weight is 486 g/mol. The zero-order valence-corrected chi connectivity index (χ0v) is 19.3. The predicted octanol–water partition coefficient (Wildman–Crippen LogP) is 4.55. The highest BCUT2D eigenvalue weighted by Gasteiger charge is 2.14. The van der Waals surface area contributed by atoms with E-state index in [1.807, 2.05) is 41.8 Å². The van der Waals surface area contributed by atoms with E-state index in [4.69, 9.17) is 9.47 Å². The van der Waals surface area contributed by atoms with Gasteiger partial charge in [0.2, 0.25) is 0 Å². The number of carbonyl (C=O) groups excluding carboxylic acids is 2. The minimum atomic E-state index is -0.613. The zero-order chi connectivity index (χ0) is 24.2. The van der Waals surface area contributed by atoms with Gasteiger partial charge in [-0.05, 0) is 54.6 Å². The van der Waals surface area contributed by atoms with Crippen LogP contribution >= 0.6 is 11.3 Å². The van der Waals surface area contributed by atoms with Crippen LogP contribution in [-0.4, -0.2) is 45.5 Å². The third-order valence-corrected chi connectivity index (χ3v) is 5.88. The number of carbonyl (C=O) groups is 2. The second-order valence-corrected chi connectivity index (χ2v) is 8.31. The van der Waals surface area contributed by atoms with E-state index in [-0.39, 0.29) is 0 Å². The molecule has 0 aliphatic heterocycles. The lowest BCUT2D eigenvalue weighted by Gasteiger charge is -2.05. The predicted molar refractivity (Wildman–Crippen MR) is 132 cm³/mol. The maximum atomic E-state index is 12.5. The summed E-state index contributed by atoms with van der Waals surface area (Å²) < 4.78 is 10.3. The standard InChI is InChI=1S/C25H19N5O4S/c1-33-18-7-4-15(5-8-18)21-14-35-25(29-21)30-22(31)13-34-24(32)16-6-9-19-20(11-16)28-23(27-19)17-3-2-10-26-12-17/h2-12,14H,13H2,1H3,(H,27,28)(H,29,30,31). The minimum Gasteiger partial charge on any atom is -0.497 e. The zero-order valence-electron chi connectivity index (χ0n) is 18.5. The van der Waals surface area contributed by atoms with E-state index >= 15 is 0 Å². The number of H-pyrrole nitrogens is 1. The van der Waals surface area contributed by atoms with Crippen molar-refractivity contribution < 1.29 is 19.1 Å². The lowest BCUT2D eigenvalue weighted by molar-refractivity contribution is -0.119. The normalized spacial score (nSPS) is 10.8. The molecule has 0 saturated heterocycles. The van der Waals surface area contributed by atoms with Crippen LogP contribution in [-0.2, 0) is 9.53 Å². The molecule has 2 N–H and O–H groups in total. The van der Waals surface area contributed by atoms with Gasteiger partial charge in [-0.15, -0.1) is 11.3 Å². The molecular weight excluding hydrogens is 466 g/mol. The van der Waals surface area contributed by atoms with Crippen molar-refractivity contribution in [2.45, 2.75) is 0 Å². The highest BCUT2D eigenvalue weighted by molar-refractivity contribution is 7.14. The van der Waals surface area contributed by atoms with Crippen molar-refractivity contribution in [2.24, 2.45) is 0 Å². The Labute approximate surface area is 203 Å². The highest BCUT2D eigenvalue weighted by Crippen LogP contribution is 2.26. The molecule has 0 saturated carbocycles. The summed E-state index contributed by atoms with van der Waals surface area (Å²) in [5.41, 5.74) is 4.15. The molecule has 0 spiro atoms. The number of esters is 1. The van der Waals surface area contributed by atoms with Crippen LogP contribution in [0.15, 0.2) is 72.4 Å². The summed E-state index contributed by atoms with van der Waals surface area (Å²) in [6, 6.07) is 16.1. The number of benzene rings is 2. The number of fused-ring (bicyclic) bond motifs is 1. The molecule has 1 amide bonds. The largest absolute Gasteiger partial charge is 0.497 e. The van der Waals surface area contributed by atoms with Crippen molar-refractivity contribution in [1.29, 1.82) is 0 Å². The number of amides is 1. The Morgan fingerprint density at radius 2 is 1.91 bits per heavy atom. The summed E-state index contributed by atoms with van der Waals surface area (Å²) in [6.07, 6.45) is 3.39. The molecule has 9 nitrogen and oxygen atoms in total. The van der Waals surface area contributed by atoms with Crippen LogP contribution in [0.3, 0.4) is 0 Å². The van der Waals surface area contributed by atoms with Gasteiger partial charge in [-0.25, -0.2) is 14.8 Å². The van der Waals surface area contributed by atoms with Crippen LogP contribution in [0, 0.1) is 0 Å². The minimum absolute atomic E-state index is 0.308. The first-order valence-electron chi connectivity index (χ1n) is 10.6. The fourth-order valence-electron chi connectivity index (χ4n) is 3.37. The molecule has 0 aliphatic carbocycles. The van der Waals surface area contributed by atoms with Crippen molar-refractivity contribution >= 4 is 39.4 Å². The maximum Gasteiger partial charge on any atom is 0.338 e. The number of aromatic nitrogens is 4. The molecule has 5 rings (SSSR count). The second-order valence-electron chi connectivity index (χ2n) is 7.45. The lowest BCUT2D eigenvalue weighted by atomic mass is 10.2. The van der Waals surface area contributed by atoms with Crippen molar-refractivity contribution in [2.75, 3.05) is 19.0 Å². The Hall–Kier alpha value is -4.57. The van der Waals surface area contributed by atoms with Crippen LogP contribution in [0.1, 0.15) is 10.4 Å². The van der Waals surface area contributed by atoms with Gasteiger partial charge in [0.15, 0.2) is 11.7 Å². The van der Waals surface area contributed by atoms with Gasteiger partial charge < -0.3 is 14.5 Å². The third kappa shape index (κ3) is 5.02. The van der Waals surface area contributed by atoms with Crippen LogP contribution in [0.5, 0.6) is 5.75 Å². The molecule has 0 bridgehead atoms. The number of hydrogen-bond donors (Lipinski definition) is 2. The molecule has 35 heavy (non-hydrogen) atoms. The number of hydrogen-bond acceptors (Lipinski definition) is 8. The number of methoxy groups -OCH3 is 1. The van der Waals surface area contributed by atoms with E-state index in [1.54, 1.807) is 37.7 Å². The molecule has 0 aliphatic rings. The number of thiazole rings is 1. The first-order valence-corrected chi connectivity index (χ1v) is 11.4. The fourth-order valence-corrected chi connectivity index (χ4v) is 4.11. The monoisotopic (exact) mass is 485 g/mol. The van der Waals surface area contributed by atoms with E-state index in [1.165, 1.54) is 11.3 Å². The number of imidazole rings is 1. The van der Waals surface area contributed by atoms with Crippen molar-refractivity contribution in [3.05, 3.63) is 77.9 Å². The Morgan fingerprint density at radius 1 is 1.06 bits per heavy atom. The first kappa shape index (κ1) is 22.2. The molecular formula is C25H19N5O4S. The SMILES string of the molecule is COc1ccc(-c2csc(NC(=O)COC(=O)c3ccc4nc(-c5cccnc5)[nH]c4c3)n2)cc1. The molecule has 0 unspecified atom stereocenters. The Bertz CT molecular complexity index is 1500. The number of ether oxygens (including phenoxy) is 2. The Kier molecular flexibility index (Phi) is 6.18. The van der Waals surface area contributed by atoms with Crippen molar-refractivity contribution in [3.8, 4) is 28.4 Å². The van der Waals surface area contributed by atoms with Gasteiger partial charge >= 0.3 is 5.97 Å². The van der Waals surface area contributed by atoms with E-state index in [9.17, 15) is 9.59 Å². The summed E-state index contributed by atoms with van der Waals surface area (Å²) in [7, 11) is 1.60. The fraction of sp³-hybridized carbons (Fsp3) is 0.0800. The molecule has 10 heteroatoms. The molecule has 3 aromatic heterocycles. The Balaban J connectivity index is 1.19. The van der Waals surface area contributed by atoms with Crippen LogP contribution in [0.4, 0.5) is 5.13 Å². The van der Waals surface area contributed by atoms with E-state index in [0.717, 1.165) is 22.6 Å². The van der Waals surface area contributed by atoms with E-state index in [2.05, 4.69) is 25.3 Å². The first-order chi connectivity index (χ1) is 17.1. The van der Waals surface area contributed by atoms with Crippen LogP contribution < -0.4 is 10.1 Å². The average Bonchev–Trinajstić information content (AvgIpc) is 3.54. The molecule has 174 valence electrons. The maximum absolute atomic E-state index is 12.5. The topological polar surface area (TPSA) is 119 Å². The Morgan fingerprint density at radius 3 is 2.69 bits per heavy atom. The van der Waals surface area contributed by atoms with E-state index < -0.39 is 18.5 Å². The van der Waals surface area contributed by atoms with Crippen LogP contribution in [0.25, 0.3) is 33.7 Å². The number of rotatable bonds is 7. The molecule has 0 radical (unpaired) electrons. The second kappa shape index (κ2) is 9.74. The van der Waals surface area contributed by atoms with Gasteiger partial charge in [0, 0.05) is 28.9 Å². The van der Waals surface area contributed by atoms with Gasteiger partial charge in [-0.1, -0.05) is 0 Å². The van der Waals surface area contributed by atoms with Gasteiger partial charge in [0.1, 0.15) is 11.6 Å². The number of nitrogens with one attached hydrogen (secondary N) is 2. The molecule has 0 fully saturated rings. The number of anilines is 1. The number of pyridine rings is 1. The highest BCUT2D eigenvalue weighted by atomic mass is 32.1. The van der Waals surface area contributed by atoms with E-state index in [0.29, 0.717) is 27.6 Å². The summed E-state index contributed by atoms with van der Waals surface area (Å²) in [6.45, 7) is -0.432. The molecule has 5 aromatic rings. The molecule has 3 heterocycles. The summed E-state index contributed by atoms with van der Waals surface area (Å²) in [5.74, 6) is 0.309. The smallest absolute Gasteiger partial charge is 0.338 e. The van der Waals surface area contributed by atoms with Gasteiger partial charge in [0.05, 0.1) is 29.4 Å². The van der Waals surface area contributed by atoms with Gasteiger partial charge in [0.25, 0.3) is 5.91 Å². The van der Waals surface area contributed by atoms with Gasteiger partial charge in [-0.3, -0.25) is 15.1 Å². The quantitative estimate of drug-likeness (QED) is 0.325. The van der Waals surface area contributed by atoms with Crippen molar-refractivity contribution in [1.82, 2.24) is 19.9 Å². The van der Waals surface area contributed by atoms with Gasteiger partial charge in [-0.2, -0.15) is 0 Å². The summed E-state index contributed by atoms with van der Waals surface area (Å²) in [5, 5.41) is 4.91. The lowest BCUT2D eigenvalue weighted by Crippen LogP contribution is -2.20. The third-order valence-electron chi connectivity index (χ3n) is 5.12. The van der Waals surface area contributed by atoms with Crippen LogP contribution in [0.2, 0.25) is 0 Å². The summed E-state index contributed by atoms with van der Waals surface area (Å²) in [4.78, 5) is 41.0. The molecule has 2 aromatic carbocycles. The molecule has 0 atom stereocenters. The van der Waals surface area contributed by atoms with Crippen molar-refractivity contribution in [3.63, 3.8) is 0 Å². The number of aromatic amines is 1.